The van der Waals surface area contributed by atoms with E-state index in [9.17, 15) is 13.2 Å². The van der Waals surface area contributed by atoms with Crippen LogP contribution < -0.4 is 10.0 Å². The Morgan fingerprint density at radius 1 is 1.20 bits per heavy atom. The molecule has 1 heterocycles. The van der Waals surface area contributed by atoms with E-state index in [1.807, 2.05) is 24.1 Å². The van der Waals surface area contributed by atoms with Crippen LogP contribution in [-0.4, -0.2) is 51.4 Å². The lowest BCUT2D eigenvalue weighted by Crippen LogP contribution is -2.40. The fourth-order valence-corrected chi connectivity index (χ4v) is 4.64. The number of sulfonamides is 1. The zero-order valence-electron chi connectivity index (χ0n) is 14.7. The molecule has 0 aromatic heterocycles. The first kappa shape index (κ1) is 18.4. The Bertz CT molecular complexity index is 699. The van der Waals surface area contributed by atoms with Crippen LogP contribution in [0.2, 0.25) is 0 Å². The zero-order valence-corrected chi connectivity index (χ0v) is 15.5. The molecule has 7 heteroatoms. The fourth-order valence-electron chi connectivity index (χ4n) is 3.33. The van der Waals surface area contributed by atoms with Gasteiger partial charge in [-0.2, -0.15) is 0 Å². The lowest BCUT2D eigenvalue weighted by atomic mass is 10.1. The maximum absolute atomic E-state index is 12.5. The number of hydrogen-bond acceptors (Lipinski definition) is 4. The Morgan fingerprint density at radius 2 is 1.92 bits per heavy atom. The van der Waals surface area contributed by atoms with Crippen molar-refractivity contribution in [1.29, 1.82) is 0 Å². The van der Waals surface area contributed by atoms with Crippen molar-refractivity contribution in [3.8, 4) is 0 Å². The van der Waals surface area contributed by atoms with E-state index in [0.29, 0.717) is 23.8 Å². The molecule has 1 saturated carbocycles. The van der Waals surface area contributed by atoms with E-state index in [4.69, 9.17) is 0 Å². The molecule has 25 heavy (non-hydrogen) atoms. The molecule has 2 N–H and O–H groups in total. The monoisotopic (exact) mass is 365 g/mol. The van der Waals surface area contributed by atoms with Gasteiger partial charge >= 0.3 is 0 Å². The second kappa shape index (κ2) is 7.85. The van der Waals surface area contributed by atoms with Gasteiger partial charge in [0.05, 0.1) is 4.90 Å². The molecule has 0 spiro atoms. The van der Waals surface area contributed by atoms with Crippen LogP contribution in [0, 0.1) is 0 Å². The molecular weight excluding hydrogens is 338 g/mol. The van der Waals surface area contributed by atoms with Crippen molar-refractivity contribution >= 4 is 15.9 Å². The predicted molar refractivity (Wildman–Crippen MR) is 96.8 cm³/mol. The lowest BCUT2D eigenvalue weighted by molar-refractivity contribution is -0.131. The number of aryl methyl sites for hydroxylation is 1. The predicted octanol–water partition coefficient (Wildman–Crippen LogP) is 1.27. The summed E-state index contributed by atoms with van der Waals surface area (Å²) >= 11 is 0. The van der Waals surface area contributed by atoms with E-state index in [2.05, 4.69) is 10.0 Å². The molecule has 1 saturated heterocycles. The number of carbonyl (C=O) groups is 1. The van der Waals surface area contributed by atoms with Gasteiger partial charge in [-0.1, -0.05) is 12.1 Å². The average molecular weight is 365 g/mol. The first-order valence-corrected chi connectivity index (χ1v) is 10.5. The van der Waals surface area contributed by atoms with Crippen LogP contribution in [0.15, 0.2) is 29.2 Å². The van der Waals surface area contributed by atoms with Gasteiger partial charge in [-0.25, -0.2) is 13.1 Å². The maximum atomic E-state index is 12.5. The molecular formula is C18H27N3O3S. The van der Waals surface area contributed by atoms with E-state index >= 15 is 0 Å². The summed E-state index contributed by atoms with van der Waals surface area (Å²) in [4.78, 5) is 14.7. The number of amides is 1. The summed E-state index contributed by atoms with van der Waals surface area (Å²) in [6, 6.07) is 7.29. The summed E-state index contributed by atoms with van der Waals surface area (Å²) in [6.45, 7) is 1.68. The Balaban J connectivity index is 1.54. The van der Waals surface area contributed by atoms with Crippen LogP contribution in [0.3, 0.4) is 0 Å². The van der Waals surface area contributed by atoms with Crippen molar-refractivity contribution in [2.75, 3.05) is 20.1 Å². The highest BCUT2D eigenvalue weighted by atomic mass is 32.2. The molecule has 1 atom stereocenters. The third-order valence-corrected chi connectivity index (χ3v) is 6.43. The highest BCUT2D eigenvalue weighted by Crippen LogP contribution is 2.23. The van der Waals surface area contributed by atoms with Gasteiger partial charge < -0.3 is 10.2 Å². The molecule has 1 aliphatic heterocycles. The summed E-state index contributed by atoms with van der Waals surface area (Å²) in [5, 5.41) is 3.15. The van der Waals surface area contributed by atoms with Crippen LogP contribution >= 0.6 is 0 Å². The summed E-state index contributed by atoms with van der Waals surface area (Å²) < 4.78 is 27.0. The molecule has 1 amide bonds. The molecule has 3 rings (SSSR count). The molecule has 138 valence electrons. The molecule has 6 nitrogen and oxygen atoms in total. The van der Waals surface area contributed by atoms with Crippen molar-refractivity contribution in [3.05, 3.63) is 29.8 Å². The SMILES string of the molecule is CNCC1CCCN1C(=O)CCc1ccc(S(=O)(=O)NC2CC2)cc1. The van der Waals surface area contributed by atoms with Crippen LogP contribution in [0.5, 0.6) is 0 Å². The lowest BCUT2D eigenvalue weighted by Gasteiger charge is -2.24. The summed E-state index contributed by atoms with van der Waals surface area (Å²) in [5.74, 6) is 0.185. The molecule has 1 unspecified atom stereocenters. The third-order valence-electron chi connectivity index (χ3n) is 4.90. The number of rotatable bonds is 8. The Morgan fingerprint density at radius 3 is 2.56 bits per heavy atom. The number of benzene rings is 1. The van der Waals surface area contributed by atoms with Crippen molar-refractivity contribution in [2.45, 2.75) is 55.5 Å². The van der Waals surface area contributed by atoms with Crippen LogP contribution in [0.25, 0.3) is 0 Å². The fraction of sp³-hybridized carbons (Fsp3) is 0.611. The van der Waals surface area contributed by atoms with Gasteiger partial charge in [0.1, 0.15) is 0 Å². The number of hydrogen-bond donors (Lipinski definition) is 2. The smallest absolute Gasteiger partial charge is 0.240 e. The van der Waals surface area contributed by atoms with E-state index in [1.165, 1.54) is 0 Å². The minimum absolute atomic E-state index is 0.105. The third kappa shape index (κ3) is 4.80. The molecule has 0 bridgehead atoms. The topological polar surface area (TPSA) is 78.5 Å². The molecule has 1 aromatic rings. The van der Waals surface area contributed by atoms with Crippen molar-refractivity contribution < 1.29 is 13.2 Å². The van der Waals surface area contributed by atoms with E-state index in [-0.39, 0.29) is 11.9 Å². The second-order valence-corrected chi connectivity index (χ2v) is 8.69. The number of nitrogens with zero attached hydrogens (tertiary/aromatic N) is 1. The van der Waals surface area contributed by atoms with Crippen molar-refractivity contribution in [2.24, 2.45) is 0 Å². The summed E-state index contributed by atoms with van der Waals surface area (Å²) in [6.07, 6.45) is 5.07. The highest BCUT2D eigenvalue weighted by molar-refractivity contribution is 7.89. The maximum Gasteiger partial charge on any atom is 0.240 e. The molecule has 2 aliphatic rings. The Hall–Kier alpha value is -1.44. The van der Waals surface area contributed by atoms with Crippen LogP contribution in [0.4, 0.5) is 0 Å². The van der Waals surface area contributed by atoms with Gasteiger partial charge in [-0.15, -0.1) is 0 Å². The highest BCUT2D eigenvalue weighted by Gasteiger charge is 2.28. The Kier molecular flexibility index (Phi) is 5.76. The zero-order chi connectivity index (χ0) is 17.9. The summed E-state index contributed by atoms with van der Waals surface area (Å²) in [7, 11) is -1.49. The van der Waals surface area contributed by atoms with Crippen molar-refractivity contribution in [3.63, 3.8) is 0 Å². The van der Waals surface area contributed by atoms with Gasteiger partial charge in [0.2, 0.25) is 15.9 Å². The second-order valence-electron chi connectivity index (χ2n) is 6.98. The molecule has 1 aromatic carbocycles. The Labute approximate surface area is 150 Å². The van der Waals surface area contributed by atoms with Gasteiger partial charge in [-0.05, 0) is 56.8 Å². The van der Waals surface area contributed by atoms with E-state index in [0.717, 1.165) is 44.3 Å². The standard InChI is InChI=1S/C18H27N3O3S/c1-19-13-16-3-2-12-21(16)18(22)11-6-14-4-9-17(10-5-14)25(23,24)20-15-7-8-15/h4-5,9-10,15-16,19-20H,2-3,6-8,11-13H2,1H3. The van der Waals surface area contributed by atoms with Gasteiger partial charge in [0, 0.05) is 31.6 Å². The van der Waals surface area contributed by atoms with Gasteiger partial charge in [0.15, 0.2) is 0 Å². The molecule has 1 aliphatic carbocycles. The summed E-state index contributed by atoms with van der Waals surface area (Å²) in [5.41, 5.74) is 0.989. The first-order valence-electron chi connectivity index (χ1n) is 9.05. The van der Waals surface area contributed by atoms with Crippen molar-refractivity contribution in [1.82, 2.24) is 14.9 Å². The first-order chi connectivity index (χ1) is 12.0. The van der Waals surface area contributed by atoms with Gasteiger partial charge in [-0.3, -0.25) is 4.79 Å². The van der Waals surface area contributed by atoms with Crippen LogP contribution in [0.1, 0.15) is 37.7 Å². The number of likely N-dealkylation sites (tertiary alicyclic amines) is 1. The average Bonchev–Trinajstić information content (AvgIpc) is 3.27. The van der Waals surface area contributed by atoms with Gasteiger partial charge in [0.25, 0.3) is 0 Å². The largest absolute Gasteiger partial charge is 0.338 e. The quantitative estimate of drug-likeness (QED) is 0.727. The van der Waals surface area contributed by atoms with E-state index in [1.54, 1.807) is 12.1 Å². The number of carbonyl (C=O) groups excluding carboxylic acids is 1. The minimum Gasteiger partial charge on any atom is -0.338 e. The molecule has 0 radical (unpaired) electrons. The van der Waals surface area contributed by atoms with E-state index < -0.39 is 10.0 Å². The molecule has 2 fully saturated rings. The minimum atomic E-state index is -3.40. The normalized spacial score (nSPS) is 20.8. The number of likely N-dealkylation sites (N-methyl/N-ethyl adjacent to an activating group) is 1. The van der Waals surface area contributed by atoms with Crippen LogP contribution in [-0.2, 0) is 21.2 Å². The number of nitrogens with one attached hydrogen (secondary N) is 2.